The Kier molecular flexibility index (Phi) is 5.49. The van der Waals surface area contributed by atoms with Gasteiger partial charge in [-0.1, -0.05) is 5.87 Å². The van der Waals surface area contributed by atoms with Crippen LogP contribution in [0.2, 0.25) is 0 Å². The lowest BCUT2D eigenvalue weighted by molar-refractivity contribution is -0.118. The van der Waals surface area contributed by atoms with Crippen LogP contribution in [0.15, 0.2) is 0 Å². The molecule has 0 spiro atoms. The maximum absolute atomic E-state index is 10.4. The second kappa shape index (κ2) is 5.93. The predicted molar refractivity (Wildman–Crippen MR) is 48.7 cm³/mol. The van der Waals surface area contributed by atoms with E-state index in [-0.39, 0.29) is 16.4 Å². The molecule has 0 aromatic carbocycles. The number of nitriles is 1. The summed E-state index contributed by atoms with van der Waals surface area (Å²) in [5.74, 6) is 5.03. The van der Waals surface area contributed by atoms with Crippen LogP contribution in [0, 0.1) is 11.3 Å². The van der Waals surface area contributed by atoms with Crippen molar-refractivity contribution in [2.75, 3.05) is 18.1 Å². The van der Waals surface area contributed by atoms with Crippen LogP contribution >= 0.6 is 10.5 Å². The molecule has 4 heteroatoms. The smallest absolute Gasteiger partial charge is 0.216 e. The maximum Gasteiger partial charge on any atom is 0.216 e. The third kappa shape index (κ3) is 7.07. The van der Waals surface area contributed by atoms with E-state index in [1.165, 1.54) is 6.92 Å². The number of carbonyl (C=O) groups excluding carboxylic acids is 1. The summed E-state index contributed by atoms with van der Waals surface area (Å²) in [4.78, 5) is 10.4. The predicted octanol–water partition coefficient (Wildman–Crippen LogP) is 0.347. The van der Waals surface area contributed by atoms with E-state index in [1.807, 2.05) is 6.07 Å². The number of nitrogens with zero attached hydrogens (tertiary/aromatic N) is 1. The molecule has 0 heterocycles. The topological polar surface area (TPSA) is 52.9 Å². The van der Waals surface area contributed by atoms with Crippen molar-refractivity contribution in [3.8, 4) is 6.07 Å². The lowest BCUT2D eigenvalue weighted by Crippen LogP contribution is -2.22. The summed E-state index contributed by atoms with van der Waals surface area (Å²) in [7, 11) is -0.112. The van der Waals surface area contributed by atoms with Gasteiger partial charge in [0.25, 0.3) is 0 Å². The van der Waals surface area contributed by atoms with Crippen molar-refractivity contribution in [2.24, 2.45) is 0 Å². The van der Waals surface area contributed by atoms with Crippen LogP contribution < -0.4 is 5.32 Å². The van der Waals surface area contributed by atoms with Crippen molar-refractivity contribution in [1.82, 2.24) is 5.32 Å². The van der Waals surface area contributed by atoms with Crippen LogP contribution in [-0.2, 0) is 4.79 Å². The first-order chi connectivity index (χ1) is 5.16. The molecule has 3 nitrogen and oxygen atoms in total. The van der Waals surface area contributed by atoms with Crippen LogP contribution in [0.4, 0.5) is 0 Å². The van der Waals surface area contributed by atoms with Gasteiger partial charge in [-0.25, -0.2) is 0 Å². The molecule has 0 rings (SSSR count). The Balaban J connectivity index is 3.33. The summed E-state index contributed by atoms with van der Waals surface area (Å²) < 4.78 is 0. The highest BCUT2D eigenvalue weighted by molar-refractivity contribution is 8.14. The first-order valence-corrected chi connectivity index (χ1v) is 4.98. The molecule has 0 aromatic rings. The normalized spacial score (nSPS) is 11.6. The van der Waals surface area contributed by atoms with Crippen molar-refractivity contribution in [3.63, 3.8) is 0 Å². The molecule has 0 fully saturated rings. The van der Waals surface area contributed by atoms with Gasteiger partial charge >= 0.3 is 0 Å². The number of hydrogen-bond donors (Lipinski definition) is 1. The molecule has 0 bridgehead atoms. The fourth-order valence-corrected chi connectivity index (χ4v) is 1.25. The minimum absolute atomic E-state index is 0.0287. The molecular formula is C7H12N2OS. The standard InChI is InChI=1S/C7H12N2OS/c1-7(10)9-4-6-11(2)5-3-8/h2,4-6H2,1H3,(H,9,10). The molecule has 0 aromatic heterocycles. The average Bonchev–Trinajstić information content (AvgIpc) is 1.87. The summed E-state index contributed by atoms with van der Waals surface area (Å²) in [5.41, 5.74) is 0. The molecule has 62 valence electrons. The Bertz CT molecular complexity index is 195. The first kappa shape index (κ1) is 10.2. The molecule has 0 saturated carbocycles. The molecule has 1 amide bonds. The highest BCUT2D eigenvalue weighted by atomic mass is 32.2. The van der Waals surface area contributed by atoms with E-state index in [0.717, 1.165) is 5.75 Å². The lowest BCUT2D eigenvalue weighted by Gasteiger charge is -2.02. The van der Waals surface area contributed by atoms with Gasteiger partial charge in [0.05, 0.1) is 11.8 Å². The Morgan fingerprint density at radius 1 is 1.82 bits per heavy atom. The molecule has 1 N–H and O–H groups in total. The molecule has 0 aliphatic carbocycles. The van der Waals surface area contributed by atoms with Gasteiger partial charge in [0.2, 0.25) is 5.91 Å². The van der Waals surface area contributed by atoms with E-state index in [0.29, 0.717) is 12.3 Å². The van der Waals surface area contributed by atoms with E-state index < -0.39 is 0 Å². The van der Waals surface area contributed by atoms with Crippen LogP contribution in [-0.4, -0.2) is 29.8 Å². The quantitative estimate of drug-likeness (QED) is 0.622. The van der Waals surface area contributed by atoms with Gasteiger partial charge in [-0.3, -0.25) is 4.79 Å². The Morgan fingerprint density at radius 3 is 2.91 bits per heavy atom. The SMILES string of the molecule is C=S(CC#N)CCNC(C)=O. The van der Waals surface area contributed by atoms with Crippen LogP contribution in [0.25, 0.3) is 0 Å². The van der Waals surface area contributed by atoms with Gasteiger partial charge in [0.15, 0.2) is 0 Å². The van der Waals surface area contributed by atoms with E-state index >= 15 is 0 Å². The summed E-state index contributed by atoms with van der Waals surface area (Å²) in [6.07, 6.45) is 0. The van der Waals surface area contributed by atoms with Gasteiger partial charge in [0, 0.05) is 19.2 Å². The van der Waals surface area contributed by atoms with Crippen molar-refractivity contribution in [2.45, 2.75) is 6.92 Å². The zero-order chi connectivity index (χ0) is 8.69. The molecule has 0 aliphatic heterocycles. The fraction of sp³-hybridized carbons (Fsp3) is 0.571. The first-order valence-electron chi connectivity index (χ1n) is 3.25. The van der Waals surface area contributed by atoms with Crippen molar-refractivity contribution in [3.05, 3.63) is 0 Å². The molecule has 11 heavy (non-hydrogen) atoms. The monoisotopic (exact) mass is 172 g/mol. The van der Waals surface area contributed by atoms with Crippen LogP contribution in [0.3, 0.4) is 0 Å². The Hall–Kier alpha value is -0.820. The number of hydrogen-bond acceptors (Lipinski definition) is 2. The molecule has 0 saturated heterocycles. The molecule has 0 aliphatic rings. The third-order valence-corrected chi connectivity index (χ3v) is 2.35. The van der Waals surface area contributed by atoms with Gasteiger partial charge < -0.3 is 5.32 Å². The largest absolute Gasteiger partial charge is 0.356 e. The zero-order valence-electron chi connectivity index (χ0n) is 6.59. The van der Waals surface area contributed by atoms with Gasteiger partial charge in [-0.05, 0) is 0 Å². The lowest BCUT2D eigenvalue weighted by atomic mass is 10.6. The van der Waals surface area contributed by atoms with Crippen LogP contribution in [0.5, 0.6) is 0 Å². The molecule has 1 atom stereocenters. The van der Waals surface area contributed by atoms with Crippen molar-refractivity contribution >= 4 is 22.3 Å². The van der Waals surface area contributed by atoms with E-state index in [2.05, 4.69) is 11.2 Å². The highest BCUT2D eigenvalue weighted by Gasteiger charge is 1.92. The summed E-state index contributed by atoms with van der Waals surface area (Å²) in [6.45, 7) is 2.11. The minimum atomic E-state index is -0.112. The zero-order valence-corrected chi connectivity index (χ0v) is 7.41. The van der Waals surface area contributed by atoms with E-state index in [9.17, 15) is 4.79 Å². The van der Waals surface area contributed by atoms with Gasteiger partial charge in [0.1, 0.15) is 0 Å². The molecule has 0 radical (unpaired) electrons. The van der Waals surface area contributed by atoms with Gasteiger partial charge in [-0.2, -0.15) is 15.7 Å². The molecule has 1 unspecified atom stereocenters. The maximum atomic E-state index is 10.4. The Labute approximate surface area is 69.3 Å². The van der Waals surface area contributed by atoms with E-state index in [1.54, 1.807) is 0 Å². The minimum Gasteiger partial charge on any atom is -0.356 e. The van der Waals surface area contributed by atoms with E-state index in [4.69, 9.17) is 5.26 Å². The second-order valence-electron chi connectivity index (χ2n) is 2.10. The third-order valence-electron chi connectivity index (χ3n) is 1.03. The number of amides is 1. The summed E-state index contributed by atoms with van der Waals surface area (Å²) in [5, 5.41) is 10.9. The van der Waals surface area contributed by atoms with Crippen molar-refractivity contribution in [1.29, 1.82) is 5.26 Å². The van der Waals surface area contributed by atoms with Crippen LogP contribution in [0.1, 0.15) is 6.92 Å². The summed E-state index contributed by atoms with van der Waals surface area (Å²) in [6, 6.07) is 2.04. The fourth-order valence-electron chi connectivity index (χ4n) is 0.535. The number of nitrogens with one attached hydrogen (secondary N) is 1. The number of carbonyl (C=O) groups is 1. The molecular weight excluding hydrogens is 160 g/mol. The van der Waals surface area contributed by atoms with Crippen molar-refractivity contribution < 1.29 is 4.79 Å². The Morgan fingerprint density at radius 2 is 2.45 bits per heavy atom. The summed E-state index contributed by atoms with van der Waals surface area (Å²) >= 11 is 0. The average molecular weight is 172 g/mol. The highest BCUT2D eigenvalue weighted by Crippen LogP contribution is 2.05. The van der Waals surface area contributed by atoms with Gasteiger partial charge in [-0.15, -0.1) is 0 Å². The second-order valence-corrected chi connectivity index (χ2v) is 4.02. The number of rotatable bonds is 4.